The first-order chi connectivity index (χ1) is 46.3. The molecule has 2 aliphatic carbocycles. The molecule has 2 saturated carbocycles. The first-order valence-electron chi connectivity index (χ1n) is 28.9. The van der Waals surface area contributed by atoms with Crippen molar-refractivity contribution in [3.8, 4) is 23.0 Å². The van der Waals surface area contributed by atoms with E-state index in [2.05, 4.69) is 14.2 Å². The van der Waals surface area contributed by atoms with Gasteiger partial charge in [0.1, 0.15) is 34.7 Å². The van der Waals surface area contributed by atoms with E-state index in [0.29, 0.717) is 36.6 Å². The standard InChI is InChI=1S/C30H24F12N2O4.C29H29F6NO3S.C5H2F6O2/c31-18-10-17(11-20(13-18)48-28(35,36)25(33)34)26(14-15-4-2-1-3-5-15,16-6-9-21(32)22(12-16)47-19-7-8-19)44-24(45)23(43)27(46,29(37,38)39)30(40,41)42;1-27(2,3)40(37)36-28(17-18-7-5-4-6-8-18,19-9-12-24(31)25(15-19)38-22-10-11-22)20-13-21(30)16-23(14-20)39-29(34,35)26(32)33;6-4(7,8)2(1-3(12)13)5(9,10)11/h1-6,9-13,19,23,25,46H,7-8,14,43H2,(H,44,45);4-9,12-16,22,26,36H,10-11,17H2,1-3H3;1H,(H,12,13)/t23?,26-;28-,40?;/m11./s1. The number of rotatable bonds is 24. The second-order valence-electron chi connectivity index (χ2n) is 23.4. The summed E-state index contributed by atoms with van der Waals surface area (Å²) in [6.45, 7) is 5.08. The van der Waals surface area contributed by atoms with Crippen LogP contribution < -0.4 is 34.7 Å². The monoisotopic (exact) mass is 1500 g/mol. The van der Waals surface area contributed by atoms with Crippen LogP contribution in [-0.4, -0.2) is 105 Å². The summed E-state index contributed by atoms with van der Waals surface area (Å²) >= 11 is 0. The molecule has 0 spiro atoms. The molecule has 6 aromatic rings. The van der Waals surface area contributed by atoms with Crippen LogP contribution in [0.1, 0.15) is 79.8 Å². The number of benzene rings is 6. The Bertz CT molecular complexity index is 3870. The second-order valence-corrected chi connectivity index (χ2v) is 25.4. The number of amides is 1. The van der Waals surface area contributed by atoms with Gasteiger partial charge in [0.15, 0.2) is 23.1 Å². The highest BCUT2D eigenvalue weighted by Gasteiger charge is 2.75. The van der Waals surface area contributed by atoms with Crippen molar-refractivity contribution in [3.05, 3.63) is 202 Å². The predicted molar refractivity (Wildman–Crippen MR) is 310 cm³/mol. The Labute approximate surface area is 559 Å². The number of carboxylic acids is 1. The number of allylic oxidation sites excluding steroid dienone is 1. The van der Waals surface area contributed by atoms with Crippen molar-refractivity contribution in [2.45, 2.75) is 149 Å². The molecule has 554 valence electrons. The number of alkyl halides is 20. The molecule has 6 N–H and O–H groups in total. The lowest BCUT2D eigenvalue weighted by Gasteiger charge is -2.41. The number of carbonyl (C=O) groups excluding carboxylic acids is 1. The van der Waals surface area contributed by atoms with Crippen LogP contribution in [0.5, 0.6) is 23.0 Å². The van der Waals surface area contributed by atoms with Crippen LogP contribution in [0, 0.1) is 23.3 Å². The predicted octanol–water partition coefficient (Wildman–Crippen LogP) is 15.9. The van der Waals surface area contributed by atoms with Crippen molar-refractivity contribution >= 4 is 22.9 Å². The number of carboxylic acid groups (broad SMARTS) is 1. The molecular formula is C64H55F24N3O9S. The quantitative estimate of drug-likeness (QED) is 0.0289. The van der Waals surface area contributed by atoms with E-state index >= 15 is 4.39 Å². The van der Waals surface area contributed by atoms with Crippen LogP contribution in [0.25, 0.3) is 0 Å². The fraction of sp³-hybridized carbons (Fsp3) is 0.375. The maximum Gasteiger partial charge on any atom is 0.461 e. The maximum absolute atomic E-state index is 15.0. The van der Waals surface area contributed by atoms with Gasteiger partial charge in [-0.2, -0.15) is 87.8 Å². The molecule has 8 rings (SSSR count). The molecule has 0 saturated heterocycles. The van der Waals surface area contributed by atoms with E-state index < -0.39 is 176 Å². The van der Waals surface area contributed by atoms with Crippen molar-refractivity contribution in [1.29, 1.82) is 0 Å². The summed E-state index contributed by atoms with van der Waals surface area (Å²) in [6.07, 6.45) is -43.3. The molecule has 0 bridgehead atoms. The van der Waals surface area contributed by atoms with Gasteiger partial charge in [-0.15, -0.1) is 0 Å². The molecule has 37 heteroatoms. The van der Waals surface area contributed by atoms with E-state index in [1.54, 1.807) is 51.1 Å². The zero-order chi connectivity index (χ0) is 76.0. The first-order valence-corrected chi connectivity index (χ1v) is 30.1. The molecular weight excluding hydrogens is 1440 g/mol. The summed E-state index contributed by atoms with van der Waals surface area (Å²) in [5.74, 6) is -11.7. The zero-order valence-corrected chi connectivity index (χ0v) is 52.5. The number of hydrogen-bond acceptors (Lipinski definition) is 9. The first kappa shape index (κ1) is 81.5. The lowest BCUT2D eigenvalue weighted by molar-refractivity contribution is -0.371. The van der Waals surface area contributed by atoms with Gasteiger partial charge in [-0.25, -0.2) is 31.3 Å². The average molecular weight is 1500 g/mol. The Morgan fingerprint density at radius 3 is 1.24 bits per heavy atom. The van der Waals surface area contributed by atoms with Gasteiger partial charge in [0.25, 0.3) is 5.60 Å². The van der Waals surface area contributed by atoms with Crippen LogP contribution >= 0.6 is 0 Å². The van der Waals surface area contributed by atoms with Gasteiger partial charge in [-0.05, 0) is 135 Å². The molecule has 2 aliphatic rings. The van der Waals surface area contributed by atoms with Crippen LogP contribution in [0.15, 0.2) is 145 Å². The molecule has 2 fully saturated rings. The summed E-state index contributed by atoms with van der Waals surface area (Å²) in [5, 5.41) is 19.5. The van der Waals surface area contributed by atoms with Crippen molar-refractivity contribution in [3.63, 3.8) is 0 Å². The fourth-order valence-corrected chi connectivity index (χ4v) is 10.2. The van der Waals surface area contributed by atoms with E-state index in [0.717, 1.165) is 49.2 Å². The number of carbonyl (C=O) groups is 2. The molecule has 2 unspecified atom stereocenters. The molecule has 0 aromatic heterocycles. The largest absolute Gasteiger partial charge is 0.487 e. The van der Waals surface area contributed by atoms with Gasteiger partial charge < -0.3 is 40.2 Å². The molecule has 0 heterocycles. The third-order valence-electron chi connectivity index (χ3n) is 14.5. The molecule has 0 radical (unpaired) electrons. The van der Waals surface area contributed by atoms with Crippen molar-refractivity contribution in [2.24, 2.45) is 5.73 Å². The van der Waals surface area contributed by atoms with Gasteiger partial charge in [0.2, 0.25) is 5.91 Å². The summed E-state index contributed by atoms with van der Waals surface area (Å²) in [4.78, 5) is 23.0. The lowest BCUT2D eigenvalue weighted by Crippen LogP contribution is -2.72. The van der Waals surface area contributed by atoms with Crippen LogP contribution in [0.3, 0.4) is 0 Å². The number of hydrogen-bond donors (Lipinski definition) is 5. The Kier molecular flexibility index (Phi) is 25.0. The van der Waals surface area contributed by atoms with Crippen LogP contribution in [-0.2, 0) is 44.5 Å². The summed E-state index contributed by atoms with van der Waals surface area (Å²) in [6, 6.07) is 21.9. The number of halogens is 24. The maximum atomic E-state index is 15.0. The minimum atomic E-state index is -6.59. The summed E-state index contributed by atoms with van der Waals surface area (Å²) < 4.78 is 353. The van der Waals surface area contributed by atoms with Crippen LogP contribution in [0.2, 0.25) is 0 Å². The number of nitrogens with two attached hydrogens (primary N) is 1. The number of nitrogens with one attached hydrogen (secondary N) is 2. The van der Waals surface area contributed by atoms with Gasteiger partial charge in [-0.1, -0.05) is 72.8 Å². The Morgan fingerprint density at radius 1 is 0.545 bits per heavy atom. The lowest BCUT2D eigenvalue weighted by atomic mass is 9.77. The minimum Gasteiger partial charge on any atom is -0.487 e. The number of aliphatic hydroxyl groups is 1. The molecule has 101 heavy (non-hydrogen) atoms. The highest BCUT2D eigenvalue weighted by molar-refractivity contribution is 7.84. The second kappa shape index (κ2) is 31.0. The van der Waals surface area contributed by atoms with Crippen LogP contribution in [0.4, 0.5) is 105 Å². The highest BCUT2D eigenvalue weighted by Crippen LogP contribution is 2.48. The van der Waals surface area contributed by atoms with E-state index in [1.165, 1.54) is 42.5 Å². The van der Waals surface area contributed by atoms with E-state index in [4.69, 9.17) is 20.3 Å². The van der Waals surface area contributed by atoms with Gasteiger partial charge in [-0.3, -0.25) is 4.79 Å². The van der Waals surface area contributed by atoms with E-state index in [-0.39, 0.29) is 41.0 Å². The molecule has 6 aromatic carbocycles. The SMILES string of the molecule is CC(C)(C)S(=O)N[C@@](Cc1ccccc1)(c1cc(F)cc(OC(F)(F)C(F)F)c1)c1ccc(F)c(OC2CC2)c1.NC(C(=O)N[C@@](Cc1ccccc1)(c1cc(F)cc(OC(F)(F)C(F)F)c1)c1ccc(F)c(OC2CC2)c1)C(O)(C(F)(F)F)C(F)(F)F.O=C(O)C=C(C(F)(F)F)C(F)(F)F. The van der Waals surface area contributed by atoms with Crippen molar-refractivity contribution < 1.29 is 148 Å². The Morgan fingerprint density at radius 2 is 0.911 bits per heavy atom. The minimum absolute atomic E-state index is 0.0156. The van der Waals surface area contributed by atoms with E-state index in [9.17, 15) is 120 Å². The average Bonchev–Trinajstić information content (AvgIpc) is 1.70. The van der Waals surface area contributed by atoms with Crippen molar-refractivity contribution in [1.82, 2.24) is 10.0 Å². The summed E-state index contributed by atoms with van der Waals surface area (Å²) in [5.41, 5.74) is -8.28. The van der Waals surface area contributed by atoms with Gasteiger partial charge >= 0.3 is 55.7 Å². The zero-order valence-electron chi connectivity index (χ0n) is 51.7. The molecule has 12 nitrogen and oxygen atoms in total. The normalized spacial score (nSPS) is 15.9. The van der Waals surface area contributed by atoms with E-state index in [1.807, 2.05) is 5.32 Å². The number of aliphatic carboxylic acids is 1. The smallest absolute Gasteiger partial charge is 0.461 e. The van der Waals surface area contributed by atoms with Gasteiger partial charge in [0, 0.05) is 24.6 Å². The highest BCUT2D eigenvalue weighted by atomic mass is 32.2. The van der Waals surface area contributed by atoms with Crippen molar-refractivity contribution in [2.75, 3.05) is 0 Å². The Hall–Kier alpha value is -8.45. The summed E-state index contributed by atoms with van der Waals surface area (Å²) in [7, 11) is -1.85. The molecule has 1 amide bonds. The topological polar surface area (TPSA) is 179 Å². The van der Waals surface area contributed by atoms with Gasteiger partial charge in [0.05, 0.1) is 39.0 Å². The molecule has 4 atom stereocenters. The third kappa shape index (κ3) is 20.9. The number of ether oxygens (including phenoxy) is 4. The third-order valence-corrected chi connectivity index (χ3v) is 16.1. The Balaban J connectivity index is 0.000000273. The fourth-order valence-electron chi connectivity index (χ4n) is 9.23. The molecule has 0 aliphatic heterocycles.